The third-order valence-corrected chi connectivity index (χ3v) is 3.20. The molecule has 0 fully saturated rings. The van der Waals surface area contributed by atoms with E-state index in [0.717, 1.165) is 30.8 Å². The molecule has 1 aromatic carbocycles. The second kappa shape index (κ2) is 5.08. The Hall–Kier alpha value is -1.39. The Labute approximate surface area is 105 Å². The van der Waals surface area contributed by atoms with E-state index >= 15 is 0 Å². The highest BCUT2D eigenvalue weighted by Gasteiger charge is 2.27. The molecule has 0 amide bonds. The second-order valence-corrected chi connectivity index (χ2v) is 4.66. The van der Waals surface area contributed by atoms with Gasteiger partial charge in [0.15, 0.2) is 0 Å². The van der Waals surface area contributed by atoms with Crippen molar-refractivity contribution in [3.63, 3.8) is 0 Å². The fourth-order valence-corrected chi connectivity index (χ4v) is 2.11. The van der Waals surface area contributed by atoms with Gasteiger partial charge < -0.3 is 10.2 Å². The van der Waals surface area contributed by atoms with E-state index in [4.69, 9.17) is 0 Å². The summed E-state index contributed by atoms with van der Waals surface area (Å²) >= 11 is 0. The summed E-state index contributed by atoms with van der Waals surface area (Å²) in [5, 5.41) is 3.28. The number of fused-ring (bicyclic) bond motifs is 1. The molecule has 0 radical (unpaired) electrons. The molecule has 0 bridgehead atoms. The van der Waals surface area contributed by atoms with E-state index in [1.54, 1.807) is 11.9 Å². The summed E-state index contributed by atoms with van der Waals surface area (Å²) in [6, 6.07) is 5.83. The number of hydrogen-bond acceptors (Lipinski definition) is 2. The second-order valence-electron chi connectivity index (χ2n) is 4.66. The van der Waals surface area contributed by atoms with Crippen molar-refractivity contribution < 1.29 is 13.2 Å². The molecule has 1 aliphatic heterocycles. The quantitative estimate of drug-likeness (QED) is 0.893. The van der Waals surface area contributed by atoms with Crippen molar-refractivity contribution in [1.82, 2.24) is 0 Å². The van der Waals surface area contributed by atoms with Crippen LogP contribution in [0.5, 0.6) is 0 Å². The van der Waals surface area contributed by atoms with Crippen molar-refractivity contribution in [2.45, 2.75) is 25.4 Å². The Bertz CT molecular complexity index is 415. The van der Waals surface area contributed by atoms with Gasteiger partial charge in [-0.25, -0.2) is 0 Å². The number of aryl methyl sites for hydroxylation is 1. The average Bonchev–Trinajstić information content (AvgIpc) is 2.34. The van der Waals surface area contributed by atoms with Crippen LogP contribution in [0, 0.1) is 0 Å². The van der Waals surface area contributed by atoms with Crippen LogP contribution < -0.4 is 10.2 Å². The summed E-state index contributed by atoms with van der Waals surface area (Å²) in [4.78, 5) is 1.64. The molecule has 1 aliphatic rings. The SMILES string of the molecule is CN(CCC(F)(F)F)c1ccc2c(c1)NCCC2. The van der Waals surface area contributed by atoms with Crippen LogP contribution in [-0.4, -0.2) is 26.3 Å². The minimum absolute atomic E-state index is 0.0116. The van der Waals surface area contributed by atoms with Gasteiger partial charge in [0.2, 0.25) is 0 Å². The molecule has 18 heavy (non-hydrogen) atoms. The number of rotatable bonds is 3. The van der Waals surface area contributed by atoms with Crippen molar-refractivity contribution in [2.24, 2.45) is 0 Å². The first-order valence-corrected chi connectivity index (χ1v) is 6.10. The molecular weight excluding hydrogens is 241 g/mol. The first-order chi connectivity index (χ1) is 8.46. The standard InChI is InChI=1S/C13H17F3N2/c1-18(8-6-13(14,15)16)11-5-4-10-3-2-7-17-12(10)9-11/h4-5,9,17H,2-3,6-8H2,1H3. The van der Waals surface area contributed by atoms with Crippen LogP contribution in [0.1, 0.15) is 18.4 Å². The van der Waals surface area contributed by atoms with Gasteiger partial charge in [-0.2, -0.15) is 13.2 Å². The largest absolute Gasteiger partial charge is 0.390 e. The van der Waals surface area contributed by atoms with Crippen LogP contribution in [-0.2, 0) is 6.42 Å². The van der Waals surface area contributed by atoms with E-state index in [-0.39, 0.29) is 6.54 Å². The lowest BCUT2D eigenvalue weighted by Crippen LogP contribution is -2.24. The Morgan fingerprint density at radius 2 is 2.11 bits per heavy atom. The minimum atomic E-state index is -4.10. The number of nitrogens with one attached hydrogen (secondary N) is 1. The minimum Gasteiger partial charge on any atom is -0.385 e. The molecule has 0 aromatic heterocycles. The highest BCUT2D eigenvalue weighted by Crippen LogP contribution is 2.28. The predicted octanol–water partition coefficient (Wildman–Crippen LogP) is 3.43. The highest BCUT2D eigenvalue weighted by atomic mass is 19.4. The molecule has 1 heterocycles. The normalized spacial score (nSPS) is 14.9. The van der Waals surface area contributed by atoms with Crippen LogP contribution >= 0.6 is 0 Å². The van der Waals surface area contributed by atoms with E-state index in [1.165, 1.54) is 5.56 Å². The topological polar surface area (TPSA) is 15.3 Å². The average molecular weight is 258 g/mol. The van der Waals surface area contributed by atoms with Crippen LogP contribution in [0.4, 0.5) is 24.5 Å². The van der Waals surface area contributed by atoms with Crippen LogP contribution in [0.3, 0.4) is 0 Å². The van der Waals surface area contributed by atoms with E-state index < -0.39 is 12.6 Å². The fraction of sp³-hybridized carbons (Fsp3) is 0.538. The van der Waals surface area contributed by atoms with Crippen molar-refractivity contribution >= 4 is 11.4 Å². The number of anilines is 2. The zero-order valence-corrected chi connectivity index (χ0v) is 10.3. The maximum absolute atomic E-state index is 12.2. The molecule has 0 atom stereocenters. The molecule has 1 N–H and O–H groups in total. The van der Waals surface area contributed by atoms with Gasteiger partial charge in [0.05, 0.1) is 6.42 Å². The first kappa shape index (κ1) is 13.1. The zero-order valence-electron chi connectivity index (χ0n) is 10.3. The molecule has 5 heteroatoms. The summed E-state index contributed by atoms with van der Waals surface area (Å²) in [6.07, 6.45) is -2.74. The molecule has 1 aromatic rings. The highest BCUT2D eigenvalue weighted by molar-refractivity contribution is 5.63. The molecule has 0 aliphatic carbocycles. The van der Waals surface area contributed by atoms with Gasteiger partial charge in [-0.15, -0.1) is 0 Å². The summed E-state index contributed by atoms with van der Waals surface area (Å²) in [6.45, 7) is 0.922. The van der Waals surface area contributed by atoms with Crippen molar-refractivity contribution in [2.75, 3.05) is 30.4 Å². The molecule has 0 unspecified atom stereocenters. The lowest BCUT2D eigenvalue weighted by atomic mass is 10.0. The first-order valence-electron chi connectivity index (χ1n) is 6.10. The molecule has 0 saturated carbocycles. The fourth-order valence-electron chi connectivity index (χ4n) is 2.11. The molecule has 2 nitrogen and oxygen atoms in total. The number of halogens is 3. The van der Waals surface area contributed by atoms with E-state index in [1.807, 2.05) is 18.2 Å². The Morgan fingerprint density at radius 1 is 1.33 bits per heavy atom. The number of hydrogen-bond donors (Lipinski definition) is 1. The molecule has 100 valence electrons. The van der Waals surface area contributed by atoms with Gasteiger partial charge in [0, 0.05) is 31.5 Å². The van der Waals surface area contributed by atoms with Gasteiger partial charge in [-0.1, -0.05) is 6.07 Å². The molecule has 2 rings (SSSR count). The summed E-state index contributed by atoms with van der Waals surface area (Å²) in [5.41, 5.74) is 3.12. The van der Waals surface area contributed by atoms with Gasteiger partial charge >= 0.3 is 6.18 Å². The third kappa shape index (κ3) is 3.31. The van der Waals surface area contributed by atoms with Crippen LogP contribution in [0.25, 0.3) is 0 Å². The predicted molar refractivity (Wildman–Crippen MR) is 67.2 cm³/mol. The van der Waals surface area contributed by atoms with E-state index in [2.05, 4.69) is 5.32 Å². The monoisotopic (exact) mass is 258 g/mol. The lowest BCUT2D eigenvalue weighted by molar-refractivity contribution is -0.132. The summed E-state index contributed by atoms with van der Waals surface area (Å²) in [5.74, 6) is 0. The van der Waals surface area contributed by atoms with Crippen molar-refractivity contribution in [3.8, 4) is 0 Å². The molecular formula is C13H17F3N2. The van der Waals surface area contributed by atoms with Crippen molar-refractivity contribution in [3.05, 3.63) is 23.8 Å². The third-order valence-electron chi connectivity index (χ3n) is 3.20. The lowest BCUT2D eigenvalue weighted by Gasteiger charge is -2.24. The number of alkyl halides is 3. The van der Waals surface area contributed by atoms with Gasteiger partial charge in [-0.05, 0) is 30.5 Å². The summed E-state index contributed by atoms with van der Waals surface area (Å²) < 4.78 is 36.5. The van der Waals surface area contributed by atoms with Crippen LogP contribution in [0.2, 0.25) is 0 Å². The number of nitrogens with zero attached hydrogens (tertiary/aromatic N) is 1. The van der Waals surface area contributed by atoms with E-state index in [0.29, 0.717) is 0 Å². The zero-order chi connectivity index (χ0) is 13.2. The Kier molecular flexibility index (Phi) is 3.68. The van der Waals surface area contributed by atoms with Crippen molar-refractivity contribution in [1.29, 1.82) is 0 Å². The Balaban J connectivity index is 2.04. The Morgan fingerprint density at radius 3 is 2.83 bits per heavy atom. The molecule has 0 spiro atoms. The maximum atomic E-state index is 12.2. The van der Waals surface area contributed by atoms with Gasteiger partial charge in [0.25, 0.3) is 0 Å². The van der Waals surface area contributed by atoms with Gasteiger partial charge in [0.1, 0.15) is 0 Å². The molecule has 0 saturated heterocycles. The smallest absolute Gasteiger partial charge is 0.385 e. The number of benzene rings is 1. The van der Waals surface area contributed by atoms with E-state index in [9.17, 15) is 13.2 Å². The van der Waals surface area contributed by atoms with Crippen LogP contribution in [0.15, 0.2) is 18.2 Å². The summed E-state index contributed by atoms with van der Waals surface area (Å²) in [7, 11) is 1.69. The maximum Gasteiger partial charge on any atom is 0.390 e. The van der Waals surface area contributed by atoms with Gasteiger partial charge in [-0.3, -0.25) is 0 Å².